The van der Waals surface area contributed by atoms with Gasteiger partial charge in [0, 0.05) is 16.5 Å². The molecule has 0 saturated carbocycles. The number of pyridine rings is 1. The van der Waals surface area contributed by atoms with Crippen LogP contribution in [0.25, 0.3) is 11.0 Å². The topological polar surface area (TPSA) is 38.9 Å². The van der Waals surface area contributed by atoms with Gasteiger partial charge < -0.3 is 4.52 Å². The second-order valence-electron chi connectivity index (χ2n) is 4.18. The van der Waals surface area contributed by atoms with Crippen LogP contribution >= 0.6 is 0 Å². The zero-order valence-electron chi connectivity index (χ0n) is 8.03. The Morgan fingerprint density at radius 2 is 2.00 bits per heavy atom. The molecule has 13 heavy (non-hydrogen) atoms. The average molecular weight is 176 g/mol. The van der Waals surface area contributed by atoms with Gasteiger partial charge in [0.05, 0.1) is 12.4 Å². The van der Waals surface area contributed by atoms with Gasteiger partial charge in [-0.15, -0.1) is 0 Å². The first-order valence-electron chi connectivity index (χ1n) is 4.28. The van der Waals surface area contributed by atoms with Gasteiger partial charge in [-0.3, -0.25) is 4.98 Å². The third-order valence-electron chi connectivity index (χ3n) is 2.01. The lowest BCUT2D eigenvalue weighted by Crippen LogP contribution is -2.12. The standard InChI is InChI=1S/C10H12N2O/c1-10(2,3)9-4-7-5-12-13-8(7)6-11-9/h4-6H,1-3H3. The highest BCUT2D eigenvalue weighted by Crippen LogP contribution is 2.23. The van der Waals surface area contributed by atoms with Crippen molar-refractivity contribution in [1.29, 1.82) is 0 Å². The van der Waals surface area contributed by atoms with Crippen LogP contribution in [0.3, 0.4) is 0 Å². The van der Waals surface area contributed by atoms with Crippen LogP contribution in [0.5, 0.6) is 0 Å². The summed E-state index contributed by atoms with van der Waals surface area (Å²) in [6.45, 7) is 6.40. The maximum absolute atomic E-state index is 4.97. The van der Waals surface area contributed by atoms with E-state index in [9.17, 15) is 0 Å². The van der Waals surface area contributed by atoms with E-state index in [1.54, 1.807) is 12.4 Å². The molecule has 0 spiro atoms. The second kappa shape index (κ2) is 2.55. The molecule has 2 rings (SSSR count). The van der Waals surface area contributed by atoms with Crippen molar-refractivity contribution in [3.8, 4) is 0 Å². The minimum atomic E-state index is 0.0749. The highest BCUT2D eigenvalue weighted by Gasteiger charge is 2.16. The van der Waals surface area contributed by atoms with Gasteiger partial charge in [-0.1, -0.05) is 25.9 Å². The van der Waals surface area contributed by atoms with Gasteiger partial charge in [0.15, 0.2) is 5.58 Å². The van der Waals surface area contributed by atoms with E-state index >= 15 is 0 Å². The summed E-state index contributed by atoms with van der Waals surface area (Å²) >= 11 is 0. The summed E-state index contributed by atoms with van der Waals surface area (Å²) in [4.78, 5) is 4.32. The van der Waals surface area contributed by atoms with Gasteiger partial charge in [-0.05, 0) is 6.07 Å². The molecule has 3 nitrogen and oxygen atoms in total. The van der Waals surface area contributed by atoms with Gasteiger partial charge >= 0.3 is 0 Å². The summed E-state index contributed by atoms with van der Waals surface area (Å²) in [6.07, 6.45) is 3.44. The Hall–Kier alpha value is -1.38. The number of hydrogen-bond donors (Lipinski definition) is 0. The minimum absolute atomic E-state index is 0.0749. The molecule has 0 aliphatic carbocycles. The van der Waals surface area contributed by atoms with Crippen molar-refractivity contribution in [2.24, 2.45) is 0 Å². The number of rotatable bonds is 0. The number of nitrogens with zero attached hydrogens (tertiary/aromatic N) is 2. The Balaban J connectivity index is 2.61. The predicted octanol–water partition coefficient (Wildman–Crippen LogP) is 2.52. The van der Waals surface area contributed by atoms with Crippen LogP contribution in [-0.2, 0) is 5.41 Å². The number of aromatic nitrogens is 2. The second-order valence-corrected chi connectivity index (χ2v) is 4.18. The van der Waals surface area contributed by atoms with Gasteiger partial charge in [0.2, 0.25) is 0 Å². The summed E-state index contributed by atoms with van der Waals surface area (Å²) < 4.78 is 4.97. The van der Waals surface area contributed by atoms with Crippen LogP contribution in [0.2, 0.25) is 0 Å². The van der Waals surface area contributed by atoms with Crippen LogP contribution in [0.15, 0.2) is 23.0 Å². The van der Waals surface area contributed by atoms with Crippen LogP contribution in [0.4, 0.5) is 0 Å². The first-order chi connectivity index (χ1) is 6.07. The molecule has 2 aromatic heterocycles. The molecule has 68 valence electrons. The Bertz CT molecular complexity index is 426. The van der Waals surface area contributed by atoms with E-state index in [1.165, 1.54) is 0 Å². The molecule has 0 aliphatic heterocycles. The zero-order valence-corrected chi connectivity index (χ0v) is 8.03. The lowest BCUT2D eigenvalue weighted by atomic mass is 9.91. The molecular formula is C10H12N2O. The quantitative estimate of drug-likeness (QED) is 0.619. The molecule has 0 atom stereocenters. The van der Waals surface area contributed by atoms with E-state index in [2.05, 4.69) is 30.9 Å². The maximum Gasteiger partial charge on any atom is 0.185 e. The van der Waals surface area contributed by atoms with Crippen molar-refractivity contribution in [2.75, 3.05) is 0 Å². The molecule has 0 aromatic carbocycles. The Labute approximate surface area is 76.8 Å². The normalized spacial score (nSPS) is 12.2. The van der Waals surface area contributed by atoms with Crippen LogP contribution < -0.4 is 0 Å². The summed E-state index contributed by atoms with van der Waals surface area (Å²) in [5, 5.41) is 4.72. The van der Waals surface area contributed by atoms with Crippen LogP contribution in [0, 0.1) is 0 Å². The average Bonchev–Trinajstić information content (AvgIpc) is 2.47. The van der Waals surface area contributed by atoms with Crippen LogP contribution in [0.1, 0.15) is 26.5 Å². The Morgan fingerprint density at radius 3 is 2.69 bits per heavy atom. The number of fused-ring (bicyclic) bond motifs is 1. The Morgan fingerprint density at radius 1 is 1.23 bits per heavy atom. The maximum atomic E-state index is 4.97. The van der Waals surface area contributed by atoms with Crippen molar-refractivity contribution >= 4 is 11.0 Å². The van der Waals surface area contributed by atoms with Gasteiger partial charge in [0.25, 0.3) is 0 Å². The zero-order chi connectivity index (χ0) is 9.47. The molecular weight excluding hydrogens is 164 g/mol. The largest absolute Gasteiger partial charge is 0.355 e. The molecule has 0 fully saturated rings. The molecule has 0 radical (unpaired) electrons. The van der Waals surface area contributed by atoms with E-state index in [1.807, 2.05) is 6.07 Å². The van der Waals surface area contributed by atoms with Crippen molar-refractivity contribution in [3.63, 3.8) is 0 Å². The summed E-state index contributed by atoms with van der Waals surface area (Å²) in [5.41, 5.74) is 1.88. The van der Waals surface area contributed by atoms with E-state index in [0.29, 0.717) is 0 Å². The molecule has 0 bridgehead atoms. The fourth-order valence-electron chi connectivity index (χ4n) is 1.19. The Kier molecular flexibility index (Phi) is 1.62. The van der Waals surface area contributed by atoms with E-state index in [-0.39, 0.29) is 5.41 Å². The third-order valence-corrected chi connectivity index (χ3v) is 2.01. The first-order valence-corrected chi connectivity index (χ1v) is 4.28. The van der Waals surface area contributed by atoms with E-state index < -0.39 is 0 Å². The lowest BCUT2D eigenvalue weighted by Gasteiger charge is -2.16. The van der Waals surface area contributed by atoms with Crippen molar-refractivity contribution in [2.45, 2.75) is 26.2 Å². The van der Waals surface area contributed by atoms with E-state index in [4.69, 9.17) is 4.52 Å². The molecule has 3 heteroatoms. The molecule has 0 aliphatic rings. The lowest BCUT2D eigenvalue weighted by molar-refractivity contribution is 0.455. The van der Waals surface area contributed by atoms with Crippen LogP contribution in [-0.4, -0.2) is 10.1 Å². The van der Waals surface area contributed by atoms with Gasteiger partial charge in [-0.25, -0.2) is 0 Å². The molecule has 0 unspecified atom stereocenters. The molecule has 2 aromatic rings. The summed E-state index contributed by atoms with van der Waals surface area (Å²) in [6, 6.07) is 2.02. The monoisotopic (exact) mass is 176 g/mol. The fraction of sp³-hybridized carbons (Fsp3) is 0.400. The summed E-state index contributed by atoms with van der Waals surface area (Å²) in [7, 11) is 0. The molecule has 0 N–H and O–H groups in total. The highest BCUT2D eigenvalue weighted by molar-refractivity contribution is 5.75. The summed E-state index contributed by atoms with van der Waals surface area (Å²) in [5.74, 6) is 0. The van der Waals surface area contributed by atoms with Gasteiger partial charge in [-0.2, -0.15) is 0 Å². The third kappa shape index (κ3) is 1.41. The molecule has 0 amide bonds. The SMILES string of the molecule is CC(C)(C)c1cc2cnoc2cn1. The predicted molar refractivity (Wildman–Crippen MR) is 50.5 cm³/mol. The highest BCUT2D eigenvalue weighted by atomic mass is 16.5. The van der Waals surface area contributed by atoms with Crippen molar-refractivity contribution in [3.05, 3.63) is 24.2 Å². The minimum Gasteiger partial charge on any atom is -0.355 e. The van der Waals surface area contributed by atoms with Crippen molar-refractivity contribution < 1.29 is 4.52 Å². The number of hydrogen-bond acceptors (Lipinski definition) is 3. The first kappa shape index (κ1) is 8.23. The van der Waals surface area contributed by atoms with Crippen molar-refractivity contribution in [1.82, 2.24) is 10.1 Å². The molecule has 0 saturated heterocycles. The van der Waals surface area contributed by atoms with Gasteiger partial charge in [0.1, 0.15) is 0 Å². The van der Waals surface area contributed by atoms with E-state index in [0.717, 1.165) is 16.7 Å². The fourth-order valence-corrected chi connectivity index (χ4v) is 1.19. The smallest absolute Gasteiger partial charge is 0.185 e. The molecule has 2 heterocycles.